The number of nitrogens with one attached hydrogen (secondary N) is 1. The van der Waals surface area contributed by atoms with Crippen molar-refractivity contribution in [1.82, 2.24) is 5.32 Å². The molecule has 0 spiro atoms. The maximum absolute atomic E-state index is 11.6. The van der Waals surface area contributed by atoms with Gasteiger partial charge in [0.25, 0.3) is 0 Å². The molecule has 0 aliphatic rings. The standard InChI is InChI=1S/C11H19N3O2/c1-4-6-14-10(13)9(7-8(3)12)11(15)16-5-2/h4,7,14H,1,5-6,12-13H2,2-3H3/b8-7-,10-9-. The molecule has 0 fully saturated rings. The molecule has 0 aromatic carbocycles. The van der Waals surface area contributed by atoms with Gasteiger partial charge >= 0.3 is 5.97 Å². The van der Waals surface area contributed by atoms with E-state index in [4.69, 9.17) is 16.2 Å². The molecule has 0 aliphatic carbocycles. The lowest BCUT2D eigenvalue weighted by Crippen LogP contribution is -2.25. The van der Waals surface area contributed by atoms with Crippen molar-refractivity contribution in [2.24, 2.45) is 11.5 Å². The second kappa shape index (κ2) is 7.39. The van der Waals surface area contributed by atoms with Crippen LogP contribution in [0.25, 0.3) is 0 Å². The van der Waals surface area contributed by atoms with Crippen LogP contribution < -0.4 is 16.8 Å². The SMILES string of the molecule is C=CCN/C(N)=C(/C=C(/C)N)C(=O)OCC. The molecule has 0 aliphatic heterocycles. The molecule has 0 saturated carbocycles. The van der Waals surface area contributed by atoms with Gasteiger partial charge in [-0.15, -0.1) is 6.58 Å². The Kier molecular flexibility index (Phi) is 6.51. The van der Waals surface area contributed by atoms with Crippen LogP contribution in [0.2, 0.25) is 0 Å². The monoisotopic (exact) mass is 225 g/mol. The van der Waals surface area contributed by atoms with Crippen LogP contribution in [-0.4, -0.2) is 19.1 Å². The average molecular weight is 225 g/mol. The number of ether oxygens (including phenoxy) is 1. The van der Waals surface area contributed by atoms with Crippen LogP contribution in [0.3, 0.4) is 0 Å². The van der Waals surface area contributed by atoms with E-state index in [1.54, 1.807) is 19.9 Å². The Morgan fingerprint density at radius 2 is 2.12 bits per heavy atom. The first-order valence-electron chi connectivity index (χ1n) is 4.98. The summed E-state index contributed by atoms with van der Waals surface area (Å²) in [7, 11) is 0. The predicted octanol–water partition coefficient (Wildman–Crippen LogP) is 0.358. The Hall–Kier alpha value is -1.91. The second-order valence-electron chi connectivity index (χ2n) is 3.11. The van der Waals surface area contributed by atoms with Gasteiger partial charge in [0.05, 0.1) is 6.61 Å². The zero-order valence-corrected chi connectivity index (χ0v) is 9.75. The lowest BCUT2D eigenvalue weighted by Gasteiger charge is -2.09. The van der Waals surface area contributed by atoms with Gasteiger partial charge < -0.3 is 21.5 Å². The third-order valence-corrected chi connectivity index (χ3v) is 1.59. The molecule has 0 radical (unpaired) electrons. The summed E-state index contributed by atoms with van der Waals surface area (Å²) >= 11 is 0. The Morgan fingerprint density at radius 3 is 2.56 bits per heavy atom. The van der Waals surface area contributed by atoms with Gasteiger partial charge in [0, 0.05) is 12.2 Å². The third-order valence-electron chi connectivity index (χ3n) is 1.59. The van der Waals surface area contributed by atoms with Crippen LogP contribution >= 0.6 is 0 Å². The average Bonchev–Trinajstić information content (AvgIpc) is 2.22. The highest BCUT2D eigenvalue weighted by molar-refractivity contribution is 5.92. The van der Waals surface area contributed by atoms with E-state index in [9.17, 15) is 4.79 Å². The number of nitrogens with two attached hydrogens (primary N) is 2. The summed E-state index contributed by atoms with van der Waals surface area (Å²) in [4.78, 5) is 11.6. The van der Waals surface area contributed by atoms with Crippen molar-refractivity contribution >= 4 is 5.97 Å². The van der Waals surface area contributed by atoms with Crippen LogP contribution in [0, 0.1) is 0 Å². The summed E-state index contributed by atoms with van der Waals surface area (Å²) in [5.41, 5.74) is 11.9. The Morgan fingerprint density at radius 1 is 1.50 bits per heavy atom. The number of hydrogen-bond donors (Lipinski definition) is 3. The minimum absolute atomic E-state index is 0.225. The van der Waals surface area contributed by atoms with Gasteiger partial charge in [0.1, 0.15) is 11.4 Å². The fourth-order valence-electron chi connectivity index (χ4n) is 0.961. The molecule has 0 saturated heterocycles. The molecule has 0 bridgehead atoms. The molecule has 16 heavy (non-hydrogen) atoms. The maximum atomic E-state index is 11.6. The number of carbonyl (C=O) groups excluding carboxylic acids is 1. The third kappa shape index (κ3) is 5.09. The minimum atomic E-state index is -0.499. The van der Waals surface area contributed by atoms with E-state index in [2.05, 4.69) is 11.9 Å². The van der Waals surface area contributed by atoms with Crippen molar-refractivity contribution in [3.8, 4) is 0 Å². The molecule has 0 atom stereocenters. The molecular formula is C11H19N3O2. The summed E-state index contributed by atoms with van der Waals surface area (Å²) in [6.45, 7) is 7.68. The van der Waals surface area contributed by atoms with Crippen LogP contribution in [-0.2, 0) is 9.53 Å². The van der Waals surface area contributed by atoms with Gasteiger partial charge in [-0.05, 0) is 19.9 Å². The molecule has 0 aromatic rings. The van der Waals surface area contributed by atoms with E-state index in [-0.39, 0.29) is 18.0 Å². The fourth-order valence-corrected chi connectivity index (χ4v) is 0.961. The molecule has 0 rings (SSSR count). The quantitative estimate of drug-likeness (QED) is 0.263. The normalized spacial score (nSPS) is 12.8. The zero-order valence-electron chi connectivity index (χ0n) is 9.75. The van der Waals surface area contributed by atoms with Crippen LogP contribution in [0.5, 0.6) is 0 Å². The van der Waals surface area contributed by atoms with Crippen molar-refractivity contribution in [2.45, 2.75) is 13.8 Å². The van der Waals surface area contributed by atoms with E-state index < -0.39 is 5.97 Å². The van der Waals surface area contributed by atoms with Gasteiger partial charge in [-0.3, -0.25) is 0 Å². The first-order valence-corrected chi connectivity index (χ1v) is 4.98. The molecule has 0 aromatic heterocycles. The minimum Gasteiger partial charge on any atom is -0.462 e. The summed E-state index contributed by atoms with van der Waals surface area (Å²) in [5.74, 6) is -0.274. The number of hydrogen-bond acceptors (Lipinski definition) is 5. The summed E-state index contributed by atoms with van der Waals surface area (Å²) in [6, 6.07) is 0. The summed E-state index contributed by atoms with van der Waals surface area (Å²) in [5, 5.41) is 2.82. The molecule has 90 valence electrons. The van der Waals surface area contributed by atoms with Crippen molar-refractivity contribution in [3.63, 3.8) is 0 Å². The van der Waals surface area contributed by atoms with Crippen LogP contribution in [0.1, 0.15) is 13.8 Å². The van der Waals surface area contributed by atoms with E-state index in [0.29, 0.717) is 12.2 Å². The number of esters is 1. The van der Waals surface area contributed by atoms with E-state index in [1.165, 1.54) is 6.08 Å². The number of rotatable bonds is 6. The van der Waals surface area contributed by atoms with Gasteiger partial charge in [-0.25, -0.2) is 4.79 Å². The van der Waals surface area contributed by atoms with Gasteiger partial charge in [0.2, 0.25) is 0 Å². The molecule has 0 amide bonds. The number of allylic oxidation sites excluding steroid dienone is 1. The first-order chi connectivity index (χ1) is 7.52. The highest BCUT2D eigenvalue weighted by Gasteiger charge is 2.12. The lowest BCUT2D eigenvalue weighted by atomic mass is 10.2. The lowest BCUT2D eigenvalue weighted by molar-refractivity contribution is -0.138. The Bertz CT molecular complexity index is 315. The molecule has 0 unspecified atom stereocenters. The Balaban J connectivity index is 4.97. The van der Waals surface area contributed by atoms with E-state index >= 15 is 0 Å². The van der Waals surface area contributed by atoms with Crippen LogP contribution in [0.4, 0.5) is 0 Å². The predicted molar refractivity (Wildman–Crippen MR) is 64.0 cm³/mol. The van der Waals surface area contributed by atoms with Gasteiger partial charge in [-0.1, -0.05) is 6.08 Å². The first kappa shape index (κ1) is 14.1. The molecular weight excluding hydrogens is 206 g/mol. The van der Waals surface area contributed by atoms with Gasteiger partial charge in [-0.2, -0.15) is 0 Å². The fraction of sp³-hybridized carbons (Fsp3) is 0.364. The topological polar surface area (TPSA) is 90.4 Å². The molecule has 5 nitrogen and oxygen atoms in total. The van der Waals surface area contributed by atoms with Crippen molar-refractivity contribution in [2.75, 3.05) is 13.2 Å². The molecule has 5 heteroatoms. The van der Waals surface area contributed by atoms with Crippen LogP contribution in [0.15, 0.2) is 35.8 Å². The highest BCUT2D eigenvalue weighted by Crippen LogP contribution is 2.04. The molecule has 5 N–H and O–H groups in total. The van der Waals surface area contributed by atoms with E-state index in [0.717, 1.165) is 0 Å². The summed E-state index contributed by atoms with van der Waals surface area (Å²) < 4.78 is 4.86. The smallest absolute Gasteiger partial charge is 0.341 e. The van der Waals surface area contributed by atoms with Crippen molar-refractivity contribution in [1.29, 1.82) is 0 Å². The highest BCUT2D eigenvalue weighted by atomic mass is 16.5. The van der Waals surface area contributed by atoms with Crippen molar-refractivity contribution < 1.29 is 9.53 Å². The van der Waals surface area contributed by atoms with Crippen molar-refractivity contribution in [3.05, 3.63) is 35.8 Å². The molecule has 0 heterocycles. The second-order valence-corrected chi connectivity index (χ2v) is 3.11. The Labute approximate surface area is 95.8 Å². The summed E-state index contributed by atoms with van der Waals surface area (Å²) in [6.07, 6.45) is 3.11. The largest absolute Gasteiger partial charge is 0.462 e. The number of carbonyl (C=O) groups is 1. The van der Waals surface area contributed by atoms with Gasteiger partial charge in [0.15, 0.2) is 0 Å². The zero-order chi connectivity index (χ0) is 12.6. The van der Waals surface area contributed by atoms with E-state index in [1.807, 2.05) is 0 Å². The maximum Gasteiger partial charge on any atom is 0.341 e.